The van der Waals surface area contributed by atoms with Gasteiger partial charge in [0.25, 0.3) is 0 Å². The van der Waals surface area contributed by atoms with E-state index in [9.17, 15) is 0 Å². The Bertz CT molecular complexity index is 454. The molecule has 0 unspecified atom stereocenters. The molecule has 2 rings (SSSR count). The van der Waals surface area contributed by atoms with Crippen LogP contribution in [0.5, 0.6) is 0 Å². The zero-order valence-corrected chi connectivity index (χ0v) is 7.68. The summed E-state index contributed by atoms with van der Waals surface area (Å²) < 4.78 is 0. The average Bonchev–Trinajstić information content (AvgIpc) is 2.18. The van der Waals surface area contributed by atoms with E-state index in [0.29, 0.717) is 5.82 Å². The first-order valence-electron chi connectivity index (χ1n) is 4.14. The first kappa shape index (κ1) is 8.55. The minimum Gasteiger partial charge on any atom is -0.368 e. The van der Waals surface area contributed by atoms with Gasteiger partial charge in [0.15, 0.2) is 5.82 Å². The van der Waals surface area contributed by atoms with Crippen molar-refractivity contribution >= 4 is 5.95 Å². The van der Waals surface area contributed by atoms with Gasteiger partial charge in [-0.25, -0.2) is 9.97 Å². The first-order chi connectivity index (χ1) is 6.77. The minimum absolute atomic E-state index is 0.208. The van der Waals surface area contributed by atoms with Crippen LogP contribution in [0.2, 0.25) is 0 Å². The van der Waals surface area contributed by atoms with Gasteiger partial charge in [-0.1, -0.05) is 6.07 Å². The van der Waals surface area contributed by atoms with E-state index in [0.717, 1.165) is 11.3 Å². The van der Waals surface area contributed by atoms with Crippen molar-refractivity contribution in [1.29, 1.82) is 0 Å². The highest BCUT2D eigenvalue weighted by Crippen LogP contribution is 2.15. The van der Waals surface area contributed by atoms with Gasteiger partial charge >= 0.3 is 0 Å². The summed E-state index contributed by atoms with van der Waals surface area (Å²) in [6.45, 7) is 1.95. The maximum atomic E-state index is 5.46. The Hall–Kier alpha value is -2.04. The van der Waals surface area contributed by atoms with Gasteiger partial charge in [0, 0.05) is 6.20 Å². The van der Waals surface area contributed by atoms with E-state index in [-0.39, 0.29) is 5.95 Å². The zero-order chi connectivity index (χ0) is 9.97. The van der Waals surface area contributed by atoms with Crippen LogP contribution in [0.4, 0.5) is 5.95 Å². The molecule has 0 atom stereocenters. The van der Waals surface area contributed by atoms with Crippen molar-refractivity contribution in [2.24, 2.45) is 0 Å². The molecule has 0 aromatic carbocycles. The molecule has 2 aromatic rings. The smallest absolute Gasteiger partial charge is 0.223 e. The number of aromatic nitrogens is 4. The lowest BCUT2D eigenvalue weighted by Gasteiger charge is -2.01. The van der Waals surface area contributed by atoms with Crippen molar-refractivity contribution in [3.05, 3.63) is 30.2 Å². The van der Waals surface area contributed by atoms with Crippen LogP contribution in [0, 0.1) is 6.92 Å². The number of nitrogen functional groups attached to an aromatic ring is 1. The molecule has 0 radical (unpaired) electrons. The topological polar surface area (TPSA) is 77.6 Å². The van der Waals surface area contributed by atoms with Crippen molar-refractivity contribution in [1.82, 2.24) is 19.9 Å². The van der Waals surface area contributed by atoms with Crippen LogP contribution in [0.25, 0.3) is 11.5 Å². The molecule has 2 aromatic heterocycles. The second kappa shape index (κ2) is 3.37. The molecule has 0 amide bonds. The monoisotopic (exact) mass is 187 g/mol. The van der Waals surface area contributed by atoms with Gasteiger partial charge in [0.1, 0.15) is 12.0 Å². The van der Waals surface area contributed by atoms with Crippen LogP contribution in [0.3, 0.4) is 0 Å². The Morgan fingerprint density at radius 2 is 2.07 bits per heavy atom. The highest BCUT2D eigenvalue weighted by Gasteiger charge is 2.05. The van der Waals surface area contributed by atoms with Crippen molar-refractivity contribution < 1.29 is 0 Å². The van der Waals surface area contributed by atoms with E-state index in [2.05, 4.69) is 19.9 Å². The Morgan fingerprint density at radius 1 is 1.21 bits per heavy atom. The number of aryl methyl sites for hydroxylation is 1. The molecular weight excluding hydrogens is 178 g/mol. The highest BCUT2D eigenvalue weighted by molar-refractivity contribution is 5.54. The molecule has 2 heterocycles. The van der Waals surface area contributed by atoms with Gasteiger partial charge in [-0.2, -0.15) is 4.98 Å². The Morgan fingerprint density at radius 3 is 2.79 bits per heavy atom. The number of anilines is 1. The van der Waals surface area contributed by atoms with Gasteiger partial charge in [0.2, 0.25) is 5.95 Å². The molecule has 0 saturated carbocycles. The molecule has 0 fully saturated rings. The summed E-state index contributed by atoms with van der Waals surface area (Å²) in [6.07, 6.45) is 3.08. The van der Waals surface area contributed by atoms with Crippen molar-refractivity contribution in [3.8, 4) is 11.5 Å². The third-order valence-corrected chi connectivity index (χ3v) is 1.81. The second-order valence-electron chi connectivity index (χ2n) is 2.84. The third-order valence-electron chi connectivity index (χ3n) is 1.81. The van der Waals surface area contributed by atoms with E-state index in [1.807, 2.05) is 19.1 Å². The summed E-state index contributed by atoms with van der Waals surface area (Å²) in [6, 6.07) is 3.81. The van der Waals surface area contributed by atoms with E-state index < -0.39 is 0 Å². The summed E-state index contributed by atoms with van der Waals surface area (Å²) >= 11 is 0. The second-order valence-corrected chi connectivity index (χ2v) is 2.84. The maximum absolute atomic E-state index is 5.46. The predicted molar refractivity (Wildman–Crippen MR) is 52.2 cm³/mol. The standard InChI is InChI=1S/C9H9N5/c1-6-3-2-4-11-7(6)8-12-5-13-9(10)14-8/h2-5H,1H3,(H2,10,12,13,14). The summed E-state index contributed by atoms with van der Waals surface area (Å²) in [5.41, 5.74) is 7.21. The average molecular weight is 187 g/mol. The first-order valence-corrected chi connectivity index (χ1v) is 4.14. The fourth-order valence-electron chi connectivity index (χ4n) is 1.14. The lowest BCUT2D eigenvalue weighted by atomic mass is 10.2. The fraction of sp³-hybridized carbons (Fsp3) is 0.111. The lowest BCUT2D eigenvalue weighted by Crippen LogP contribution is -2.00. The van der Waals surface area contributed by atoms with Crippen LogP contribution in [-0.4, -0.2) is 19.9 Å². The minimum atomic E-state index is 0.208. The zero-order valence-electron chi connectivity index (χ0n) is 7.68. The normalized spacial score (nSPS) is 10.1. The molecule has 0 aliphatic rings. The quantitative estimate of drug-likeness (QED) is 0.715. The molecule has 5 nitrogen and oxygen atoms in total. The molecule has 0 spiro atoms. The molecule has 2 N–H and O–H groups in total. The van der Waals surface area contributed by atoms with Crippen LogP contribution < -0.4 is 5.73 Å². The van der Waals surface area contributed by atoms with Gasteiger partial charge in [-0.3, -0.25) is 4.98 Å². The molecule has 70 valence electrons. The van der Waals surface area contributed by atoms with E-state index >= 15 is 0 Å². The van der Waals surface area contributed by atoms with Crippen LogP contribution in [-0.2, 0) is 0 Å². The molecule has 14 heavy (non-hydrogen) atoms. The summed E-state index contributed by atoms with van der Waals surface area (Å²) in [4.78, 5) is 15.9. The predicted octanol–water partition coefficient (Wildman–Crippen LogP) is 0.824. The Balaban J connectivity index is 2.55. The lowest BCUT2D eigenvalue weighted by molar-refractivity contribution is 1.05. The van der Waals surface area contributed by atoms with Crippen LogP contribution >= 0.6 is 0 Å². The van der Waals surface area contributed by atoms with E-state index in [1.54, 1.807) is 6.20 Å². The number of rotatable bonds is 1. The Kier molecular flexibility index (Phi) is 2.06. The molecule has 5 heteroatoms. The largest absolute Gasteiger partial charge is 0.368 e. The number of pyridine rings is 1. The molecule has 0 aliphatic carbocycles. The molecule has 0 saturated heterocycles. The third kappa shape index (κ3) is 1.52. The molecule has 0 aliphatic heterocycles. The van der Waals surface area contributed by atoms with Crippen molar-refractivity contribution in [2.45, 2.75) is 6.92 Å². The van der Waals surface area contributed by atoms with E-state index in [4.69, 9.17) is 5.73 Å². The van der Waals surface area contributed by atoms with Gasteiger partial charge in [-0.15, -0.1) is 0 Å². The summed E-state index contributed by atoms with van der Waals surface area (Å²) in [5, 5.41) is 0. The van der Waals surface area contributed by atoms with Crippen LogP contribution in [0.1, 0.15) is 5.56 Å². The van der Waals surface area contributed by atoms with E-state index in [1.165, 1.54) is 6.33 Å². The Labute approximate surface area is 81.1 Å². The van der Waals surface area contributed by atoms with Crippen LogP contribution in [0.15, 0.2) is 24.7 Å². The fourth-order valence-corrected chi connectivity index (χ4v) is 1.14. The highest BCUT2D eigenvalue weighted by atomic mass is 15.1. The van der Waals surface area contributed by atoms with Crippen molar-refractivity contribution in [2.75, 3.05) is 5.73 Å². The molecule has 0 bridgehead atoms. The van der Waals surface area contributed by atoms with Gasteiger partial charge < -0.3 is 5.73 Å². The summed E-state index contributed by atoms with van der Waals surface area (Å²) in [7, 11) is 0. The number of hydrogen-bond donors (Lipinski definition) is 1. The number of nitrogens with two attached hydrogens (primary N) is 1. The van der Waals surface area contributed by atoms with Gasteiger partial charge in [-0.05, 0) is 18.6 Å². The summed E-state index contributed by atoms with van der Waals surface area (Å²) in [5.74, 6) is 0.718. The SMILES string of the molecule is Cc1cccnc1-c1ncnc(N)n1. The number of nitrogens with zero attached hydrogens (tertiary/aromatic N) is 4. The van der Waals surface area contributed by atoms with Crippen molar-refractivity contribution in [3.63, 3.8) is 0 Å². The number of hydrogen-bond acceptors (Lipinski definition) is 5. The maximum Gasteiger partial charge on any atom is 0.223 e. The molecular formula is C9H9N5. The van der Waals surface area contributed by atoms with Gasteiger partial charge in [0.05, 0.1) is 0 Å².